The normalized spacial score (nSPS) is 19.5. The molecule has 1 atom stereocenters. The quantitative estimate of drug-likeness (QED) is 0.857. The number of nitrogens with zero attached hydrogens (tertiary/aromatic N) is 1. The number of benzene rings is 1. The van der Waals surface area contributed by atoms with Gasteiger partial charge in [-0.2, -0.15) is 0 Å². The lowest BCUT2D eigenvalue weighted by molar-refractivity contribution is 0.0949. The Labute approximate surface area is 124 Å². The first-order valence-corrected chi connectivity index (χ1v) is 7.68. The number of hydrogen-bond donors (Lipinski definition) is 1. The molecular formula is C18H18N2O. The van der Waals surface area contributed by atoms with Crippen molar-refractivity contribution in [1.82, 2.24) is 4.98 Å². The molecule has 0 spiro atoms. The number of carbonyl (C=O) groups excluding carboxylic acids is 1. The minimum absolute atomic E-state index is 0.0673. The number of hydrogen-bond acceptors (Lipinski definition) is 3. The van der Waals surface area contributed by atoms with Gasteiger partial charge in [0.1, 0.15) is 0 Å². The van der Waals surface area contributed by atoms with E-state index in [1.54, 1.807) is 6.20 Å². The number of nitrogens with one attached hydrogen (secondary N) is 1. The van der Waals surface area contributed by atoms with E-state index in [9.17, 15) is 4.79 Å². The van der Waals surface area contributed by atoms with Crippen molar-refractivity contribution in [2.24, 2.45) is 0 Å². The van der Waals surface area contributed by atoms with Gasteiger partial charge in [0.25, 0.3) is 0 Å². The summed E-state index contributed by atoms with van der Waals surface area (Å²) in [5, 5.41) is 3.34. The Morgan fingerprint density at radius 3 is 3.10 bits per heavy atom. The molecule has 2 heterocycles. The van der Waals surface area contributed by atoms with Gasteiger partial charge in [-0.3, -0.25) is 9.78 Å². The molecule has 1 aromatic carbocycles. The lowest BCUT2D eigenvalue weighted by Crippen LogP contribution is -2.20. The average Bonchev–Trinajstić information content (AvgIpc) is 3.01. The topological polar surface area (TPSA) is 42.0 Å². The number of carbonyl (C=O) groups is 1. The third-order valence-electron chi connectivity index (χ3n) is 4.61. The van der Waals surface area contributed by atoms with Gasteiger partial charge in [0.15, 0.2) is 5.78 Å². The lowest BCUT2D eigenvalue weighted by atomic mass is 9.82. The van der Waals surface area contributed by atoms with E-state index < -0.39 is 0 Å². The first-order valence-electron chi connectivity index (χ1n) is 7.68. The van der Waals surface area contributed by atoms with E-state index in [1.807, 2.05) is 18.2 Å². The largest absolute Gasteiger partial charge is 0.384 e. The molecule has 1 aliphatic carbocycles. The third kappa shape index (κ3) is 2.13. The van der Waals surface area contributed by atoms with Gasteiger partial charge < -0.3 is 5.32 Å². The minimum Gasteiger partial charge on any atom is -0.384 e. The summed E-state index contributed by atoms with van der Waals surface area (Å²) in [6.07, 6.45) is 5.84. The van der Waals surface area contributed by atoms with Crippen molar-refractivity contribution in [2.45, 2.75) is 31.6 Å². The van der Waals surface area contributed by atoms with Crippen LogP contribution >= 0.6 is 0 Å². The summed E-state index contributed by atoms with van der Waals surface area (Å²) in [5.41, 5.74) is 5.50. The molecule has 0 amide bonds. The third-order valence-corrected chi connectivity index (χ3v) is 4.61. The van der Waals surface area contributed by atoms with Crippen molar-refractivity contribution in [2.75, 3.05) is 11.9 Å². The zero-order valence-electron chi connectivity index (χ0n) is 11.9. The highest BCUT2D eigenvalue weighted by atomic mass is 16.1. The molecule has 1 aliphatic heterocycles. The van der Waals surface area contributed by atoms with E-state index in [2.05, 4.69) is 22.4 Å². The molecule has 2 aliphatic rings. The number of fused-ring (bicyclic) bond motifs is 2. The van der Waals surface area contributed by atoms with Crippen LogP contribution in [0.2, 0.25) is 0 Å². The Morgan fingerprint density at radius 1 is 1.19 bits per heavy atom. The van der Waals surface area contributed by atoms with Crippen LogP contribution < -0.4 is 5.32 Å². The number of rotatable bonds is 2. The van der Waals surface area contributed by atoms with Crippen LogP contribution in [-0.2, 0) is 12.8 Å². The van der Waals surface area contributed by atoms with Crippen molar-refractivity contribution in [3.8, 4) is 0 Å². The molecular weight excluding hydrogens is 260 g/mol. The van der Waals surface area contributed by atoms with E-state index >= 15 is 0 Å². The molecule has 0 fully saturated rings. The van der Waals surface area contributed by atoms with Gasteiger partial charge in [0, 0.05) is 24.0 Å². The fourth-order valence-electron chi connectivity index (χ4n) is 3.52. The molecule has 1 N–H and O–H groups in total. The maximum absolute atomic E-state index is 12.9. The van der Waals surface area contributed by atoms with Gasteiger partial charge in [0.05, 0.1) is 11.6 Å². The highest BCUT2D eigenvalue weighted by Gasteiger charge is 2.28. The Hall–Kier alpha value is -2.16. The monoisotopic (exact) mass is 278 g/mol. The molecule has 21 heavy (non-hydrogen) atoms. The van der Waals surface area contributed by atoms with Crippen LogP contribution in [0.3, 0.4) is 0 Å². The van der Waals surface area contributed by atoms with Gasteiger partial charge in [-0.25, -0.2) is 0 Å². The number of ketones is 1. The van der Waals surface area contributed by atoms with Crippen molar-refractivity contribution in [1.29, 1.82) is 0 Å². The van der Waals surface area contributed by atoms with Crippen LogP contribution in [0.15, 0.2) is 36.5 Å². The van der Waals surface area contributed by atoms with Crippen LogP contribution in [0.4, 0.5) is 5.69 Å². The summed E-state index contributed by atoms with van der Waals surface area (Å²) < 4.78 is 0. The van der Waals surface area contributed by atoms with Gasteiger partial charge >= 0.3 is 0 Å². The van der Waals surface area contributed by atoms with Crippen LogP contribution in [-0.4, -0.2) is 17.3 Å². The fraction of sp³-hybridized carbons (Fsp3) is 0.333. The molecule has 106 valence electrons. The lowest BCUT2D eigenvalue weighted by Gasteiger charge is -2.23. The standard InChI is InChI=1S/C18H18N2O/c21-18(14-6-7-16-13(11-14)8-10-19-16)15-5-1-3-12-4-2-9-20-17(12)15/h2,4,6-7,9,11,15,19H,1,3,5,8,10H2. The minimum atomic E-state index is -0.0673. The van der Waals surface area contributed by atoms with Crippen molar-refractivity contribution in [3.63, 3.8) is 0 Å². The number of aryl methyl sites for hydroxylation is 1. The number of anilines is 1. The molecule has 2 aromatic rings. The fourth-order valence-corrected chi connectivity index (χ4v) is 3.52. The van der Waals surface area contributed by atoms with Gasteiger partial charge in [0.2, 0.25) is 0 Å². The first kappa shape index (κ1) is 12.6. The van der Waals surface area contributed by atoms with Gasteiger partial charge in [-0.15, -0.1) is 0 Å². The van der Waals surface area contributed by atoms with E-state index in [1.165, 1.54) is 16.8 Å². The van der Waals surface area contributed by atoms with Crippen molar-refractivity contribution in [3.05, 3.63) is 58.9 Å². The van der Waals surface area contributed by atoms with Crippen LogP contribution in [0.1, 0.15) is 45.9 Å². The molecule has 1 unspecified atom stereocenters. The van der Waals surface area contributed by atoms with Crippen LogP contribution in [0.25, 0.3) is 0 Å². The summed E-state index contributed by atoms with van der Waals surface area (Å²) in [6, 6.07) is 10.1. The Kier molecular flexibility index (Phi) is 2.99. The van der Waals surface area contributed by atoms with Gasteiger partial charge in [-0.05, 0) is 61.1 Å². The van der Waals surface area contributed by atoms with Crippen LogP contribution in [0, 0.1) is 0 Å². The second-order valence-corrected chi connectivity index (χ2v) is 5.91. The summed E-state index contributed by atoms with van der Waals surface area (Å²) in [5.74, 6) is 0.159. The summed E-state index contributed by atoms with van der Waals surface area (Å²) >= 11 is 0. The molecule has 3 nitrogen and oxygen atoms in total. The number of aromatic nitrogens is 1. The SMILES string of the molecule is O=C(c1ccc2c(c1)CCN2)C1CCCc2cccnc21. The highest BCUT2D eigenvalue weighted by molar-refractivity contribution is 6.01. The van der Waals surface area contributed by atoms with Crippen molar-refractivity contribution < 1.29 is 4.79 Å². The number of Topliss-reactive ketones (excluding diaryl/α,β-unsaturated/α-hetero) is 1. The highest BCUT2D eigenvalue weighted by Crippen LogP contribution is 2.33. The van der Waals surface area contributed by atoms with E-state index in [0.29, 0.717) is 0 Å². The predicted octanol–water partition coefficient (Wildman–Crippen LogP) is 3.35. The second kappa shape index (κ2) is 4.99. The number of pyridine rings is 1. The van der Waals surface area contributed by atoms with E-state index in [-0.39, 0.29) is 11.7 Å². The smallest absolute Gasteiger partial charge is 0.171 e. The summed E-state index contributed by atoms with van der Waals surface area (Å²) in [4.78, 5) is 17.4. The van der Waals surface area contributed by atoms with Gasteiger partial charge in [-0.1, -0.05) is 6.07 Å². The predicted molar refractivity (Wildman–Crippen MR) is 82.9 cm³/mol. The van der Waals surface area contributed by atoms with E-state index in [0.717, 1.165) is 43.5 Å². The van der Waals surface area contributed by atoms with E-state index in [4.69, 9.17) is 0 Å². The van der Waals surface area contributed by atoms with Crippen molar-refractivity contribution >= 4 is 11.5 Å². The molecule has 1 aromatic heterocycles. The Bertz CT molecular complexity index is 708. The molecule has 0 saturated carbocycles. The molecule has 0 radical (unpaired) electrons. The summed E-state index contributed by atoms with van der Waals surface area (Å²) in [7, 11) is 0. The first-order chi connectivity index (χ1) is 10.3. The second-order valence-electron chi connectivity index (χ2n) is 5.91. The van der Waals surface area contributed by atoms with Crippen LogP contribution in [0.5, 0.6) is 0 Å². The molecule has 0 saturated heterocycles. The average molecular weight is 278 g/mol. The zero-order chi connectivity index (χ0) is 14.2. The zero-order valence-corrected chi connectivity index (χ0v) is 11.9. The maximum atomic E-state index is 12.9. The Balaban J connectivity index is 1.70. The molecule has 4 rings (SSSR count). The Morgan fingerprint density at radius 2 is 2.14 bits per heavy atom. The molecule has 0 bridgehead atoms. The maximum Gasteiger partial charge on any atom is 0.171 e. The summed E-state index contributed by atoms with van der Waals surface area (Å²) in [6.45, 7) is 0.973. The molecule has 3 heteroatoms.